The Morgan fingerprint density at radius 1 is 0.902 bits per heavy atom. The summed E-state index contributed by atoms with van der Waals surface area (Å²) in [7, 11) is -4.08. The fourth-order valence-electron chi connectivity index (χ4n) is 5.40. The van der Waals surface area contributed by atoms with Gasteiger partial charge in [0.25, 0.3) is 10.0 Å². The van der Waals surface area contributed by atoms with Crippen LogP contribution in [0, 0.1) is 20.8 Å². The molecule has 3 aromatic rings. The first-order valence-electron chi connectivity index (χ1n) is 14.4. The summed E-state index contributed by atoms with van der Waals surface area (Å²) in [5.74, 6) is -0.636. The van der Waals surface area contributed by atoms with Crippen molar-refractivity contribution >= 4 is 27.5 Å². The number of aryl methyl sites for hydroxylation is 3. The largest absolute Gasteiger partial charge is 0.352 e. The highest BCUT2D eigenvalue weighted by Gasteiger charge is 2.33. The Hall–Kier alpha value is -3.65. The number of rotatable bonds is 11. The number of benzene rings is 3. The van der Waals surface area contributed by atoms with E-state index >= 15 is 0 Å². The molecule has 41 heavy (non-hydrogen) atoms. The number of hydrogen-bond donors (Lipinski definition) is 1. The molecule has 0 aliphatic heterocycles. The van der Waals surface area contributed by atoms with Crippen molar-refractivity contribution in [3.05, 3.63) is 95.1 Å². The highest BCUT2D eigenvalue weighted by Crippen LogP contribution is 2.28. The second kappa shape index (κ2) is 13.3. The highest BCUT2D eigenvalue weighted by atomic mass is 32.2. The van der Waals surface area contributed by atoms with E-state index in [0.717, 1.165) is 47.9 Å². The molecule has 0 radical (unpaired) electrons. The van der Waals surface area contributed by atoms with Gasteiger partial charge in [0.05, 0.1) is 10.6 Å². The van der Waals surface area contributed by atoms with Gasteiger partial charge in [-0.15, -0.1) is 0 Å². The number of carbonyl (C=O) groups excluding carboxylic acids is 2. The van der Waals surface area contributed by atoms with Gasteiger partial charge in [-0.2, -0.15) is 0 Å². The van der Waals surface area contributed by atoms with E-state index in [1.54, 1.807) is 37.3 Å². The molecule has 8 heteroatoms. The van der Waals surface area contributed by atoms with Crippen LogP contribution in [0.15, 0.2) is 77.7 Å². The Balaban J connectivity index is 1.67. The Kier molecular flexibility index (Phi) is 9.86. The SMILES string of the molecule is Cc1ccc(S(=O)(=O)N(CC(=O)N(CCc2ccccc2)[C@H](C)C(=O)NC2CCCC2)c2ccc(C)cc2C)cc1. The number of nitrogens with one attached hydrogen (secondary N) is 1. The lowest BCUT2D eigenvalue weighted by atomic mass is 10.1. The van der Waals surface area contributed by atoms with Crippen LogP contribution >= 0.6 is 0 Å². The van der Waals surface area contributed by atoms with Gasteiger partial charge in [0.15, 0.2) is 0 Å². The molecule has 1 saturated carbocycles. The maximum Gasteiger partial charge on any atom is 0.264 e. The van der Waals surface area contributed by atoms with E-state index in [-0.39, 0.29) is 23.4 Å². The van der Waals surface area contributed by atoms with Gasteiger partial charge in [-0.3, -0.25) is 13.9 Å². The molecule has 1 aliphatic rings. The third-order valence-electron chi connectivity index (χ3n) is 7.86. The molecule has 0 saturated heterocycles. The van der Waals surface area contributed by atoms with E-state index in [2.05, 4.69) is 5.32 Å². The molecule has 2 amide bonds. The van der Waals surface area contributed by atoms with Crippen molar-refractivity contribution in [1.82, 2.24) is 10.2 Å². The topological polar surface area (TPSA) is 86.8 Å². The zero-order chi connectivity index (χ0) is 29.6. The van der Waals surface area contributed by atoms with Crippen molar-refractivity contribution in [2.75, 3.05) is 17.4 Å². The Labute approximate surface area is 244 Å². The van der Waals surface area contributed by atoms with E-state index in [0.29, 0.717) is 12.1 Å². The molecule has 0 aromatic heterocycles. The fourth-order valence-corrected chi connectivity index (χ4v) is 6.88. The summed E-state index contributed by atoms with van der Waals surface area (Å²) in [6.07, 6.45) is 4.58. The predicted octanol–water partition coefficient (Wildman–Crippen LogP) is 5.33. The highest BCUT2D eigenvalue weighted by molar-refractivity contribution is 7.92. The normalized spacial score (nSPS) is 14.4. The molecule has 0 heterocycles. The van der Waals surface area contributed by atoms with Crippen molar-refractivity contribution in [1.29, 1.82) is 0 Å². The second-order valence-electron chi connectivity index (χ2n) is 11.1. The molecule has 4 rings (SSSR count). The molecular weight excluding hydrogens is 534 g/mol. The summed E-state index contributed by atoms with van der Waals surface area (Å²) in [6.45, 7) is 7.27. The Bertz CT molecular complexity index is 1450. The van der Waals surface area contributed by atoms with Gasteiger partial charge in [-0.25, -0.2) is 8.42 Å². The lowest BCUT2D eigenvalue weighted by molar-refractivity contribution is -0.139. The summed E-state index contributed by atoms with van der Waals surface area (Å²) in [6, 6.07) is 21.3. The minimum atomic E-state index is -4.08. The van der Waals surface area contributed by atoms with Crippen LogP contribution in [0.3, 0.4) is 0 Å². The molecule has 7 nitrogen and oxygen atoms in total. The molecule has 3 aromatic carbocycles. The van der Waals surface area contributed by atoms with Gasteiger partial charge in [0.2, 0.25) is 11.8 Å². The minimum Gasteiger partial charge on any atom is -0.352 e. The molecule has 1 aliphatic carbocycles. The van der Waals surface area contributed by atoms with Crippen LogP contribution in [-0.4, -0.2) is 50.3 Å². The fraction of sp³-hybridized carbons (Fsp3) is 0.394. The number of anilines is 1. The predicted molar refractivity (Wildman–Crippen MR) is 163 cm³/mol. The van der Waals surface area contributed by atoms with Crippen LogP contribution in [0.25, 0.3) is 0 Å². The van der Waals surface area contributed by atoms with Gasteiger partial charge in [0, 0.05) is 12.6 Å². The van der Waals surface area contributed by atoms with Gasteiger partial charge in [0.1, 0.15) is 12.6 Å². The summed E-state index contributed by atoms with van der Waals surface area (Å²) >= 11 is 0. The molecular formula is C33H41N3O4S. The Morgan fingerprint density at radius 2 is 1.54 bits per heavy atom. The smallest absolute Gasteiger partial charge is 0.264 e. The average molecular weight is 576 g/mol. The maximum atomic E-state index is 14.1. The van der Waals surface area contributed by atoms with Crippen molar-refractivity contribution in [2.24, 2.45) is 0 Å². The zero-order valence-corrected chi connectivity index (χ0v) is 25.3. The first-order chi connectivity index (χ1) is 19.6. The van der Waals surface area contributed by atoms with Gasteiger partial charge in [-0.05, 0) is 76.3 Å². The molecule has 1 fully saturated rings. The Morgan fingerprint density at radius 3 is 2.17 bits per heavy atom. The summed E-state index contributed by atoms with van der Waals surface area (Å²) < 4.78 is 29.2. The van der Waals surface area contributed by atoms with Crippen LogP contribution in [0.5, 0.6) is 0 Å². The molecule has 1 N–H and O–H groups in total. The van der Waals surface area contributed by atoms with Crippen LogP contribution < -0.4 is 9.62 Å². The summed E-state index contributed by atoms with van der Waals surface area (Å²) in [4.78, 5) is 29.0. The van der Waals surface area contributed by atoms with Crippen molar-refractivity contribution in [2.45, 2.75) is 76.8 Å². The van der Waals surface area contributed by atoms with E-state index in [1.165, 1.54) is 9.21 Å². The summed E-state index contributed by atoms with van der Waals surface area (Å²) in [5, 5.41) is 3.11. The lowest BCUT2D eigenvalue weighted by Crippen LogP contribution is -2.53. The first kappa shape index (κ1) is 30.3. The third kappa shape index (κ3) is 7.55. The molecule has 0 spiro atoms. The number of hydrogen-bond acceptors (Lipinski definition) is 4. The average Bonchev–Trinajstić information content (AvgIpc) is 3.46. The number of nitrogens with zero attached hydrogens (tertiary/aromatic N) is 2. The van der Waals surface area contributed by atoms with Crippen LogP contribution in [-0.2, 0) is 26.0 Å². The van der Waals surface area contributed by atoms with E-state index in [9.17, 15) is 18.0 Å². The van der Waals surface area contributed by atoms with Crippen LogP contribution in [0.2, 0.25) is 0 Å². The van der Waals surface area contributed by atoms with Crippen LogP contribution in [0.4, 0.5) is 5.69 Å². The van der Waals surface area contributed by atoms with E-state index in [4.69, 9.17) is 0 Å². The second-order valence-corrected chi connectivity index (χ2v) is 13.0. The van der Waals surface area contributed by atoms with Crippen molar-refractivity contribution < 1.29 is 18.0 Å². The minimum absolute atomic E-state index is 0.110. The monoisotopic (exact) mass is 575 g/mol. The molecule has 0 bridgehead atoms. The molecule has 218 valence electrons. The van der Waals surface area contributed by atoms with E-state index in [1.807, 2.05) is 63.2 Å². The zero-order valence-electron chi connectivity index (χ0n) is 24.5. The number of sulfonamides is 1. The lowest BCUT2D eigenvalue weighted by Gasteiger charge is -2.33. The molecule has 0 unspecified atom stereocenters. The van der Waals surface area contributed by atoms with Gasteiger partial charge in [-0.1, -0.05) is 78.6 Å². The standard InChI is InChI=1S/C33H41N3O4S/c1-24-14-17-30(18-15-24)41(39,40)36(31-19-16-25(2)22-26(31)3)23-32(37)35(21-20-28-10-6-5-7-11-28)27(4)33(38)34-29-12-8-9-13-29/h5-7,10-11,14-19,22,27,29H,8-9,12-13,20-21,23H2,1-4H3,(H,34,38)/t27-/m1/s1. The molecule has 1 atom stereocenters. The van der Waals surface area contributed by atoms with Crippen LogP contribution in [0.1, 0.15) is 54.9 Å². The van der Waals surface area contributed by atoms with Crippen molar-refractivity contribution in [3.63, 3.8) is 0 Å². The van der Waals surface area contributed by atoms with E-state index < -0.39 is 28.5 Å². The third-order valence-corrected chi connectivity index (χ3v) is 9.64. The quantitative estimate of drug-likeness (QED) is 0.335. The number of carbonyl (C=O) groups is 2. The van der Waals surface area contributed by atoms with Gasteiger partial charge >= 0.3 is 0 Å². The van der Waals surface area contributed by atoms with Gasteiger partial charge < -0.3 is 10.2 Å². The first-order valence-corrected chi connectivity index (χ1v) is 15.8. The summed E-state index contributed by atoms with van der Waals surface area (Å²) in [5.41, 5.74) is 4.15. The maximum absolute atomic E-state index is 14.1. The number of amides is 2. The van der Waals surface area contributed by atoms with Crippen molar-refractivity contribution in [3.8, 4) is 0 Å².